The van der Waals surface area contributed by atoms with Crippen molar-refractivity contribution in [2.75, 3.05) is 20.2 Å². The smallest absolute Gasteiger partial charge is 0.254 e. The van der Waals surface area contributed by atoms with E-state index in [0.29, 0.717) is 18.7 Å². The van der Waals surface area contributed by atoms with E-state index in [1.165, 1.54) is 4.90 Å². The number of carbonyl (C=O) groups excluding carboxylic acids is 1. The van der Waals surface area contributed by atoms with E-state index in [-0.39, 0.29) is 12.5 Å². The summed E-state index contributed by atoms with van der Waals surface area (Å²) in [5.74, 6) is 0.332. The van der Waals surface area contributed by atoms with Gasteiger partial charge < -0.3 is 14.7 Å². The molecule has 0 aliphatic rings. The minimum absolute atomic E-state index is 0.0577. The average molecular weight is 331 g/mol. The van der Waals surface area contributed by atoms with Gasteiger partial charge in [-0.15, -0.1) is 0 Å². The van der Waals surface area contributed by atoms with E-state index in [1.54, 1.807) is 7.05 Å². The largest absolute Gasteiger partial charge is 0.490 e. The predicted octanol–water partition coefficient (Wildman–Crippen LogP) is 1.78. The molecule has 0 bridgehead atoms. The van der Waals surface area contributed by atoms with Crippen LogP contribution in [-0.2, 0) is 11.2 Å². The van der Waals surface area contributed by atoms with Crippen molar-refractivity contribution in [3.05, 3.63) is 46.8 Å². The summed E-state index contributed by atoms with van der Waals surface area (Å²) in [6, 6.07) is 7.52. The number of hydrogen-bond acceptors (Lipinski definition) is 4. The fourth-order valence-corrected chi connectivity index (χ4v) is 2.54. The molecule has 6 nitrogen and oxygen atoms in total. The quantitative estimate of drug-likeness (QED) is 0.810. The number of nitrogens with zero attached hydrogens (tertiary/aromatic N) is 2. The second-order valence-electron chi connectivity index (χ2n) is 6.01. The van der Waals surface area contributed by atoms with Crippen molar-refractivity contribution < 1.29 is 14.6 Å². The number of rotatable bonds is 7. The number of para-hydroxylation sites is 1. The van der Waals surface area contributed by atoms with Crippen molar-refractivity contribution >= 4 is 5.91 Å². The molecule has 1 atom stereocenters. The van der Waals surface area contributed by atoms with Crippen molar-refractivity contribution in [3.63, 3.8) is 0 Å². The fourth-order valence-electron chi connectivity index (χ4n) is 2.54. The number of benzene rings is 1. The first-order chi connectivity index (χ1) is 11.4. The van der Waals surface area contributed by atoms with Gasteiger partial charge in [0, 0.05) is 19.3 Å². The van der Waals surface area contributed by atoms with Gasteiger partial charge in [0.2, 0.25) is 0 Å². The van der Waals surface area contributed by atoms with E-state index in [0.717, 1.165) is 22.5 Å². The molecule has 1 heterocycles. The molecule has 1 aromatic heterocycles. The lowest BCUT2D eigenvalue weighted by Gasteiger charge is -2.21. The lowest BCUT2D eigenvalue weighted by Crippen LogP contribution is -2.40. The zero-order chi connectivity index (χ0) is 17.7. The minimum Gasteiger partial charge on any atom is -0.490 e. The van der Waals surface area contributed by atoms with Crippen LogP contribution in [0.1, 0.15) is 22.5 Å². The Labute approximate surface area is 142 Å². The first-order valence-corrected chi connectivity index (χ1v) is 8.02. The number of likely N-dealkylation sites (N-methyl/N-ethyl adjacent to an activating group) is 1. The van der Waals surface area contributed by atoms with Crippen LogP contribution < -0.4 is 4.74 Å². The van der Waals surface area contributed by atoms with Crippen molar-refractivity contribution in [1.29, 1.82) is 0 Å². The van der Waals surface area contributed by atoms with Gasteiger partial charge in [-0.1, -0.05) is 18.2 Å². The van der Waals surface area contributed by atoms with E-state index in [4.69, 9.17) is 4.74 Å². The van der Waals surface area contributed by atoms with Gasteiger partial charge in [0.1, 0.15) is 12.4 Å². The highest BCUT2D eigenvalue weighted by atomic mass is 16.5. The van der Waals surface area contributed by atoms with Gasteiger partial charge in [0.05, 0.1) is 5.69 Å². The molecule has 0 fully saturated rings. The van der Waals surface area contributed by atoms with Crippen molar-refractivity contribution in [2.24, 2.45) is 0 Å². The highest BCUT2D eigenvalue weighted by Crippen LogP contribution is 2.16. The maximum Gasteiger partial charge on any atom is 0.254 e. The van der Waals surface area contributed by atoms with Gasteiger partial charge >= 0.3 is 0 Å². The lowest BCUT2D eigenvalue weighted by molar-refractivity contribution is -0.140. The summed E-state index contributed by atoms with van der Waals surface area (Å²) in [7, 11) is 1.68. The summed E-state index contributed by atoms with van der Waals surface area (Å²) >= 11 is 0. The van der Waals surface area contributed by atoms with Crippen molar-refractivity contribution in [2.45, 2.75) is 33.3 Å². The molecule has 6 heteroatoms. The molecule has 0 saturated carbocycles. The molecule has 0 aliphatic carbocycles. The summed E-state index contributed by atoms with van der Waals surface area (Å²) < 4.78 is 5.55. The number of ether oxygens (including phenoxy) is 1. The summed E-state index contributed by atoms with van der Waals surface area (Å²) in [6.07, 6.45) is -0.483. The molecule has 2 rings (SSSR count). The molecule has 1 aromatic carbocycles. The molecule has 0 saturated heterocycles. The second kappa shape index (κ2) is 7.97. The monoisotopic (exact) mass is 331 g/mol. The molecular weight excluding hydrogens is 306 g/mol. The predicted molar refractivity (Wildman–Crippen MR) is 92.1 cm³/mol. The zero-order valence-electron chi connectivity index (χ0n) is 14.7. The fraction of sp³-hybridized carbons (Fsp3) is 0.444. The summed E-state index contributed by atoms with van der Waals surface area (Å²) in [4.78, 5) is 13.8. The molecule has 2 aromatic rings. The zero-order valence-corrected chi connectivity index (χ0v) is 14.7. The Morgan fingerprint density at radius 1 is 1.33 bits per heavy atom. The normalized spacial score (nSPS) is 12.0. The number of aromatic nitrogens is 2. The third kappa shape index (κ3) is 4.35. The number of H-pyrrole nitrogens is 1. The van der Waals surface area contributed by atoms with E-state index >= 15 is 0 Å². The maximum absolute atomic E-state index is 12.3. The highest BCUT2D eigenvalue weighted by molar-refractivity contribution is 5.80. The number of amides is 1. The van der Waals surface area contributed by atoms with Gasteiger partial charge in [-0.2, -0.15) is 5.10 Å². The van der Waals surface area contributed by atoms with Crippen molar-refractivity contribution in [3.8, 4) is 5.75 Å². The van der Waals surface area contributed by atoms with Crippen LogP contribution in [0.2, 0.25) is 0 Å². The van der Waals surface area contributed by atoms with Crippen LogP contribution in [0.3, 0.4) is 0 Å². The van der Waals surface area contributed by atoms with Gasteiger partial charge in [0.25, 0.3) is 5.91 Å². The molecule has 0 aliphatic heterocycles. The summed E-state index contributed by atoms with van der Waals surface area (Å²) in [6.45, 7) is 6.28. The Balaban J connectivity index is 1.84. The molecule has 130 valence electrons. The Kier molecular flexibility index (Phi) is 5.98. The van der Waals surface area contributed by atoms with E-state index in [1.807, 2.05) is 45.0 Å². The molecular formula is C18H25N3O3. The maximum atomic E-state index is 12.3. The SMILES string of the molecule is Cc1ccccc1OCC(O)C(=O)N(C)CCc1c(C)n[nH]c1C. The lowest BCUT2D eigenvalue weighted by atomic mass is 10.1. The Morgan fingerprint density at radius 3 is 2.67 bits per heavy atom. The third-order valence-corrected chi connectivity index (χ3v) is 4.13. The summed E-state index contributed by atoms with van der Waals surface area (Å²) in [5, 5.41) is 17.2. The topological polar surface area (TPSA) is 78.5 Å². The Morgan fingerprint density at radius 2 is 2.04 bits per heavy atom. The van der Waals surface area contributed by atoms with Crippen LogP contribution in [0.5, 0.6) is 5.75 Å². The molecule has 2 N–H and O–H groups in total. The van der Waals surface area contributed by atoms with Crippen LogP contribution in [0.4, 0.5) is 0 Å². The van der Waals surface area contributed by atoms with Gasteiger partial charge in [-0.25, -0.2) is 0 Å². The molecule has 1 unspecified atom stereocenters. The van der Waals surface area contributed by atoms with Gasteiger partial charge in [-0.05, 0) is 44.4 Å². The van der Waals surface area contributed by atoms with E-state index in [2.05, 4.69) is 10.2 Å². The number of aryl methyl sites for hydroxylation is 3. The minimum atomic E-state index is -1.18. The van der Waals surface area contributed by atoms with Crippen LogP contribution >= 0.6 is 0 Å². The van der Waals surface area contributed by atoms with Crippen molar-refractivity contribution in [1.82, 2.24) is 15.1 Å². The van der Waals surface area contributed by atoms with Crippen LogP contribution in [0.25, 0.3) is 0 Å². The number of aliphatic hydroxyl groups is 1. The van der Waals surface area contributed by atoms with Gasteiger partial charge in [0.15, 0.2) is 6.10 Å². The first-order valence-electron chi connectivity index (χ1n) is 8.02. The standard InChI is InChI=1S/C18H25N3O3/c1-12-7-5-6-8-17(12)24-11-16(22)18(23)21(4)10-9-15-13(2)19-20-14(15)3/h5-8,16,22H,9-11H2,1-4H3,(H,19,20). The molecule has 0 spiro atoms. The Bertz CT molecular complexity index is 677. The van der Waals surface area contributed by atoms with Crippen LogP contribution in [0, 0.1) is 20.8 Å². The number of aliphatic hydroxyl groups excluding tert-OH is 1. The Hall–Kier alpha value is -2.34. The number of aromatic amines is 1. The number of hydrogen-bond donors (Lipinski definition) is 2. The number of carbonyl (C=O) groups is 1. The van der Waals surface area contributed by atoms with Crippen LogP contribution in [-0.4, -0.2) is 52.4 Å². The molecule has 0 radical (unpaired) electrons. The molecule has 24 heavy (non-hydrogen) atoms. The molecule has 1 amide bonds. The second-order valence-corrected chi connectivity index (χ2v) is 6.01. The van der Waals surface area contributed by atoms with Crippen LogP contribution in [0.15, 0.2) is 24.3 Å². The highest BCUT2D eigenvalue weighted by Gasteiger charge is 2.21. The van der Waals surface area contributed by atoms with E-state index < -0.39 is 6.10 Å². The third-order valence-electron chi connectivity index (χ3n) is 4.13. The first kappa shape index (κ1) is 18.0. The van der Waals surface area contributed by atoms with E-state index in [9.17, 15) is 9.90 Å². The summed E-state index contributed by atoms with van der Waals surface area (Å²) in [5.41, 5.74) is 4.03. The average Bonchev–Trinajstić information content (AvgIpc) is 2.89. The van der Waals surface area contributed by atoms with Gasteiger partial charge in [-0.3, -0.25) is 9.89 Å². The number of nitrogens with one attached hydrogen (secondary N) is 1.